The molecule has 0 N–H and O–H groups in total. The Bertz CT molecular complexity index is 395. The summed E-state index contributed by atoms with van der Waals surface area (Å²) in [6.45, 7) is 0. The summed E-state index contributed by atoms with van der Waals surface area (Å²) in [6, 6.07) is 6.25. The number of ketones is 1. The SMILES string of the molecule is C#CCCCC(=O)CSc1cccc(F)c1. The Hall–Kier alpha value is -1.27. The molecule has 0 aliphatic rings. The van der Waals surface area contributed by atoms with Gasteiger partial charge >= 0.3 is 0 Å². The number of rotatable bonds is 6. The molecule has 0 amide bonds. The van der Waals surface area contributed by atoms with Gasteiger partial charge in [0.1, 0.15) is 11.6 Å². The van der Waals surface area contributed by atoms with Crippen LogP contribution in [0.1, 0.15) is 19.3 Å². The molecule has 84 valence electrons. The van der Waals surface area contributed by atoms with Gasteiger partial charge in [-0.15, -0.1) is 24.1 Å². The Balaban J connectivity index is 2.29. The fraction of sp³-hybridized carbons (Fsp3) is 0.308. The van der Waals surface area contributed by atoms with Crippen LogP contribution in [-0.4, -0.2) is 11.5 Å². The summed E-state index contributed by atoms with van der Waals surface area (Å²) < 4.78 is 12.8. The number of terminal acetylenes is 1. The number of Topliss-reactive ketones (excluding diaryl/α,β-unsaturated/α-hetero) is 1. The lowest BCUT2D eigenvalue weighted by atomic mass is 10.2. The lowest BCUT2D eigenvalue weighted by molar-refractivity contribution is -0.116. The molecule has 0 bridgehead atoms. The molecular weight excluding hydrogens is 223 g/mol. The van der Waals surface area contributed by atoms with Gasteiger partial charge in [-0.25, -0.2) is 4.39 Å². The minimum atomic E-state index is -0.273. The maximum Gasteiger partial charge on any atom is 0.143 e. The van der Waals surface area contributed by atoms with E-state index >= 15 is 0 Å². The van der Waals surface area contributed by atoms with Crippen LogP contribution < -0.4 is 0 Å². The number of unbranched alkanes of at least 4 members (excludes halogenated alkanes) is 1. The molecule has 0 saturated carbocycles. The van der Waals surface area contributed by atoms with Crippen molar-refractivity contribution in [1.29, 1.82) is 0 Å². The zero-order chi connectivity index (χ0) is 11.8. The van der Waals surface area contributed by atoms with Crippen molar-refractivity contribution in [1.82, 2.24) is 0 Å². The van der Waals surface area contributed by atoms with Crippen LogP contribution in [0.15, 0.2) is 29.2 Å². The lowest BCUT2D eigenvalue weighted by Gasteiger charge is -2.00. The predicted octanol–water partition coefficient (Wildman–Crippen LogP) is 3.29. The fourth-order valence-corrected chi connectivity index (χ4v) is 2.02. The molecule has 1 aromatic rings. The molecule has 0 aliphatic heterocycles. The van der Waals surface area contributed by atoms with Gasteiger partial charge in [-0.2, -0.15) is 0 Å². The van der Waals surface area contributed by atoms with E-state index in [4.69, 9.17) is 6.42 Å². The van der Waals surface area contributed by atoms with Crippen molar-refractivity contribution in [2.24, 2.45) is 0 Å². The van der Waals surface area contributed by atoms with Crippen molar-refractivity contribution >= 4 is 17.5 Å². The molecule has 0 spiro atoms. The van der Waals surface area contributed by atoms with E-state index in [1.54, 1.807) is 12.1 Å². The van der Waals surface area contributed by atoms with Crippen LogP contribution >= 0.6 is 11.8 Å². The smallest absolute Gasteiger partial charge is 0.143 e. The van der Waals surface area contributed by atoms with Gasteiger partial charge in [0, 0.05) is 17.7 Å². The Morgan fingerprint density at radius 1 is 1.50 bits per heavy atom. The third-order valence-corrected chi connectivity index (χ3v) is 3.03. The van der Waals surface area contributed by atoms with Crippen LogP contribution in [0, 0.1) is 18.2 Å². The first-order chi connectivity index (χ1) is 7.72. The highest BCUT2D eigenvalue weighted by atomic mass is 32.2. The maximum atomic E-state index is 12.8. The van der Waals surface area contributed by atoms with Crippen molar-refractivity contribution < 1.29 is 9.18 Å². The predicted molar refractivity (Wildman–Crippen MR) is 64.8 cm³/mol. The molecule has 1 aromatic carbocycles. The van der Waals surface area contributed by atoms with Crippen molar-refractivity contribution in [2.45, 2.75) is 24.2 Å². The first-order valence-corrected chi connectivity index (χ1v) is 6.04. The third-order valence-electron chi connectivity index (χ3n) is 1.97. The molecule has 0 heterocycles. The summed E-state index contributed by atoms with van der Waals surface area (Å²) in [5.74, 6) is 2.76. The van der Waals surface area contributed by atoms with Crippen LogP contribution in [0.2, 0.25) is 0 Å². The van der Waals surface area contributed by atoms with Crippen LogP contribution in [0.25, 0.3) is 0 Å². The van der Waals surface area contributed by atoms with Crippen LogP contribution in [-0.2, 0) is 4.79 Å². The van der Waals surface area contributed by atoms with Crippen LogP contribution in [0.5, 0.6) is 0 Å². The summed E-state index contributed by atoms with van der Waals surface area (Å²) in [7, 11) is 0. The van der Waals surface area contributed by atoms with E-state index in [1.165, 1.54) is 23.9 Å². The number of halogens is 1. The largest absolute Gasteiger partial charge is 0.299 e. The van der Waals surface area contributed by atoms with Crippen molar-refractivity contribution in [3.63, 3.8) is 0 Å². The quantitative estimate of drug-likeness (QED) is 0.428. The highest BCUT2D eigenvalue weighted by molar-refractivity contribution is 8.00. The summed E-state index contributed by atoms with van der Waals surface area (Å²) >= 11 is 1.36. The van der Waals surface area contributed by atoms with Crippen LogP contribution in [0.4, 0.5) is 4.39 Å². The Morgan fingerprint density at radius 3 is 3.00 bits per heavy atom. The second-order valence-corrected chi connectivity index (χ2v) is 4.39. The molecule has 16 heavy (non-hydrogen) atoms. The Morgan fingerprint density at radius 2 is 2.31 bits per heavy atom. The molecule has 0 radical (unpaired) electrons. The Kier molecular flexibility index (Phi) is 5.66. The van der Waals surface area contributed by atoms with E-state index in [2.05, 4.69) is 5.92 Å². The van der Waals surface area contributed by atoms with Gasteiger partial charge in [-0.3, -0.25) is 4.79 Å². The molecule has 0 atom stereocenters. The van der Waals surface area contributed by atoms with Gasteiger partial charge in [0.25, 0.3) is 0 Å². The molecular formula is C13H13FOS. The number of benzene rings is 1. The topological polar surface area (TPSA) is 17.1 Å². The van der Waals surface area contributed by atoms with E-state index in [1.807, 2.05) is 0 Å². The highest BCUT2D eigenvalue weighted by Crippen LogP contribution is 2.19. The number of hydrogen-bond donors (Lipinski definition) is 0. The Labute approximate surface area is 99.4 Å². The summed E-state index contributed by atoms with van der Waals surface area (Å²) in [5, 5.41) is 0. The number of hydrogen-bond acceptors (Lipinski definition) is 2. The monoisotopic (exact) mass is 236 g/mol. The van der Waals surface area contributed by atoms with Crippen molar-refractivity contribution in [3.05, 3.63) is 30.1 Å². The van der Waals surface area contributed by atoms with Gasteiger partial charge in [0.05, 0.1) is 5.75 Å². The first kappa shape index (κ1) is 12.8. The average molecular weight is 236 g/mol. The van der Waals surface area contributed by atoms with E-state index in [-0.39, 0.29) is 11.6 Å². The molecule has 0 aliphatic carbocycles. The normalized spacial score (nSPS) is 9.75. The van der Waals surface area contributed by atoms with Gasteiger partial charge in [0.15, 0.2) is 0 Å². The molecule has 0 fully saturated rings. The standard InChI is InChI=1S/C13H13FOS/c1-2-3-4-7-12(15)10-16-13-8-5-6-11(14)9-13/h1,5-6,8-9H,3-4,7,10H2. The fourth-order valence-electron chi connectivity index (χ4n) is 1.18. The van der Waals surface area contributed by atoms with E-state index < -0.39 is 0 Å². The van der Waals surface area contributed by atoms with Crippen molar-refractivity contribution in [3.8, 4) is 12.3 Å². The van der Waals surface area contributed by atoms with Gasteiger partial charge < -0.3 is 0 Å². The second kappa shape index (κ2) is 7.08. The number of thioether (sulfide) groups is 1. The molecule has 1 nitrogen and oxygen atoms in total. The highest BCUT2D eigenvalue weighted by Gasteiger charge is 2.03. The molecule has 0 saturated heterocycles. The third kappa shape index (κ3) is 4.99. The molecule has 0 unspecified atom stereocenters. The zero-order valence-corrected chi connectivity index (χ0v) is 9.73. The summed E-state index contributed by atoms with van der Waals surface area (Å²) in [4.78, 5) is 12.2. The van der Waals surface area contributed by atoms with E-state index in [0.717, 1.165) is 11.3 Å². The molecule has 1 rings (SSSR count). The number of carbonyl (C=O) groups excluding carboxylic acids is 1. The summed E-state index contributed by atoms with van der Waals surface area (Å²) in [6.07, 6.45) is 6.97. The summed E-state index contributed by atoms with van der Waals surface area (Å²) in [5.41, 5.74) is 0. The molecule has 3 heteroatoms. The van der Waals surface area contributed by atoms with E-state index in [9.17, 15) is 9.18 Å². The average Bonchev–Trinajstić information content (AvgIpc) is 2.27. The minimum Gasteiger partial charge on any atom is -0.299 e. The molecule has 0 aromatic heterocycles. The maximum absolute atomic E-state index is 12.8. The lowest BCUT2D eigenvalue weighted by Crippen LogP contribution is -2.00. The van der Waals surface area contributed by atoms with Gasteiger partial charge in [-0.1, -0.05) is 6.07 Å². The van der Waals surface area contributed by atoms with Crippen molar-refractivity contribution in [2.75, 3.05) is 5.75 Å². The van der Waals surface area contributed by atoms with Gasteiger partial charge in [0.2, 0.25) is 0 Å². The van der Waals surface area contributed by atoms with Crippen LogP contribution in [0.3, 0.4) is 0 Å². The minimum absolute atomic E-state index is 0.157. The second-order valence-electron chi connectivity index (χ2n) is 3.34. The first-order valence-electron chi connectivity index (χ1n) is 5.06. The number of carbonyl (C=O) groups is 1. The van der Waals surface area contributed by atoms with Gasteiger partial charge in [-0.05, 0) is 24.6 Å². The van der Waals surface area contributed by atoms with E-state index in [0.29, 0.717) is 18.6 Å². The zero-order valence-electron chi connectivity index (χ0n) is 8.91.